The second-order valence-electron chi connectivity index (χ2n) is 17.1. The number of hydrogen-bond donors (Lipinski definition) is 0. The minimum absolute atomic E-state index is 0.102. The van der Waals surface area contributed by atoms with Crippen molar-refractivity contribution < 1.29 is 28.6 Å². The number of rotatable bonds is 46. The molecule has 6 heteroatoms. The fraction of sp³-hybridized carbons (Fsp3) is 0.732. The smallest absolute Gasteiger partial charge is 0.306 e. The molecule has 0 aromatic carbocycles. The Labute approximate surface area is 382 Å². The summed E-state index contributed by atoms with van der Waals surface area (Å²) in [5.74, 6) is -0.972. The van der Waals surface area contributed by atoms with Gasteiger partial charge in [0.2, 0.25) is 0 Å². The van der Waals surface area contributed by atoms with Crippen LogP contribution in [-0.2, 0) is 28.6 Å². The van der Waals surface area contributed by atoms with Crippen LogP contribution in [0, 0.1) is 0 Å². The van der Waals surface area contributed by atoms with Gasteiger partial charge in [0.05, 0.1) is 0 Å². The van der Waals surface area contributed by atoms with E-state index in [1.165, 1.54) is 96.3 Å². The van der Waals surface area contributed by atoms with Gasteiger partial charge in [0, 0.05) is 19.3 Å². The van der Waals surface area contributed by atoms with Gasteiger partial charge < -0.3 is 14.2 Å². The molecule has 0 aromatic heterocycles. The Morgan fingerprint density at radius 2 is 0.677 bits per heavy atom. The SMILES string of the molecule is CC/C=C\C/C=C\C/C=C\CCCCC(=O)OCC(COC(=O)CCCCCCC/C=C\C=C/CCCCCCCCC)OC(=O)CCCCC/C=C\CCCCCCCCC. The van der Waals surface area contributed by atoms with Gasteiger partial charge >= 0.3 is 17.9 Å². The van der Waals surface area contributed by atoms with E-state index in [1.807, 2.05) is 0 Å². The fourth-order valence-electron chi connectivity index (χ4n) is 7.03. The maximum atomic E-state index is 12.8. The van der Waals surface area contributed by atoms with Crippen molar-refractivity contribution in [3.8, 4) is 0 Å². The highest BCUT2D eigenvalue weighted by molar-refractivity contribution is 5.71. The standard InChI is InChI=1S/C56H96O6/c1-4-7-10-13-16-19-22-25-27-28-29-30-32-34-37-40-43-46-49-55(58)61-52-53(51-60-54(57)48-45-42-39-36-33-24-21-18-15-12-9-6-3)62-56(59)50-47-44-41-38-35-31-26-23-20-17-14-11-8-5-2/h9,12,18,21,27-31,33,35-36,53H,4-8,10-11,13-17,19-20,22-26,32,34,37-52H2,1-3H3/b12-9-,21-18-,28-27-,30-29-,35-31-,36-33-. The predicted octanol–water partition coefficient (Wildman–Crippen LogP) is 17.0. The van der Waals surface area contributed by atoms with E-state index in [-0.39, 0.29) is 31.1 Å². The first-order valence-corrected chi connectivity index (χ1v) is 26.0. The maximum absolute atomic E-state index is 12.8. The average Bonchev–Trinajstić information content (AvgIpc) is 3.27. The molecule has 0 aromatic rings. The molecule has 0 bridgehead atoms. The molecule has 6 nitrogen and oxygen atoms in total. The molecule has 0 aliphatic heterocycles. The van der Waals surface area contributed by atoms with Crippen LogP contribution in [0.15, 0.2) is 72.9 Å². The molecular weight excluding hydrogens is 769 g/mol. The highest BCUT2D eigenvalue weighted by Gasteiger charge is 2.19. The third-order valence-corrected chi connectivity index (χ3v) is 10.9. The number of hydrogen-bond acceptors (Lipinski definition) is 6. The zero-order valence-electron chi connectivity index (χ0n) is 40.6. The predicted molar refractivity (Wildman–Crippen MR) is 265 cm³/mol. The third kappa shape index (κ3) is 47.9. The van der Waals surface area contributed by atoms with Crippen LogP contribution >= 0.6 is 0 Å². The molecule has 0 saturated heterocycles. The number of carbonyl (C=O) groups excluding carboxylic acids is 3. The number of allylic oxidation sites excluding steroid dienone is 12. The van der Waals surface area contributed by atoms with Crippen molar-refractivity contribution in [1.82, 2.24) is 0 Å². The molecule has 0 spiro atoms. The molecule has 62 heavy (non-hydrogen) atoms. The summed E-state index contributed by atoms with van der Waals surface area (Å²) in [6, 6.07) is 0. The van der Waals surface area contributed by atoms with E-state index in [4.69, 9.17) is 14.2 Å². The van der Waals surface area contributed by atoms with Crippen LogP contribution in [0.2, 0.25) is 0 Å². The molecule has 0 radical (unpaired) electrons. The van der Waals surface area contributed by atoms with Gasteiger partial charge in [-0.1, -0.05) is 196 Å². The normalized spacial score (nSPS) is 12.6. The molecule has 1 unspecified atom stereocenters. The van der Waals surface area contributed by atoms with E-state index in [0.29, 0.717) is 19.3 Å². The van der Waals surface area contributed by atoms with E-state index >= 15 is 0 Å². The van der Waals surface area contributed by atoms with E-state index in [2.05, 4.69) is 93.7 Å². The monoisotopic (exact) mass is 865 g/mol. The Kier molecular flexibility index (Phi) is 47.9. The van der Waals surface area contributed by atoms with E-state index in [0.717, 1.165) is 109 Å². The summed E-state index contributed by atoms with van der Waals surface area (Å²) < 4.78 is 16.7. The van der Waals surface area contributed by atoms with Crippen LogP contribution in [0.1, 0.15) is 245 Å². The van der Waals surface area contributed by atoms with Gasteiger partial charge in [0.25, 0.3) is 0 Å². The minimum atomic E-state index is -0.804. The molecule has 0 saturated carbocycles. The van der Waals surface area contributed by atoms with Crippen molar-refractivity contribution in [2.24, 2.45) is 0 Å². The highest BCUT2D eigenvalue weighted by Crippen LogP contribution is 2.13. The second-order valence-corrected chi connectivity index (χ2v) is 17.1. The fourth-order valence-corrected chi connectivity index (χ4v) is 7.03. The Balaban J connectivity index is 4.45. The zero-order chi connectivity index (χ0) is 45.1. The van der Waals surface area contributed by atoms with Gasteiger partial charge in [-0.05, 0) is 103 Å². The van der Waals surface area contributed by atoms with Crippen LogP contribution in [0.3, 0.4) is 0 Å². The summed E-state index contributed by atoms with van der Waals surface area (Å²) >= 11 is 0. The number of unbranched alkanes of at least 4 members (excludes halogenated alkanes) is 24. The van der Waals surface area contributed by atoms with Crippen molar-refractivity contribution in [1.29, 1.82) is 0 Å². The number of esters is 3. The lowest BCUT2D eigenvalue weighted by Gasteiger charge is -2.18. The lowest BCUT2D eigenvalue weighted by Crippen LogP contribution is -2.30. The van der Waals surface area contributed by atoms with Crippen LogP contribution in [-0.4, -0.2) is 37.2 Å². The van der Waals surface area contributed by atoms with Crippen molar-refractivity contribution in [3.63, 3.8) is 0 Å². The van der Waals surface area contributed by atoms with Gasteiger partial charge in [0.1, 0.15) is 13.2 Å². The van der Waals surface area contributed by atoms with Gasteiger partial charge in [-0.3, -0.25) is 14.4 Å². The maximum Gasteiger partial charge on any atom is 0.306 e. The van der Waals surface area contributed by atoms with Crippen molar-refractivity contribution in [2.75, 3.05) is 13.2 Å². The lowest BCUT2D eigenvalue weighted by atomic mass is 10.1. The van der Waals surface area contributed by atoms with Crippen LogP contribution in [0.25, 0.3) is 0 Å². The van der Waals surface area contributed by atoms with Gasteiger partial charge in [-0.25, -0.2) is 0 Å². The van der Waals surface area contributed by atoms with Crippen molar-refractivity contribution >= 4 is 17.9 Å². The minimum Gasteiger partial charge on any atom is -0.462 e. The molecule has 0 heterocycles. The first-order chi connectivity index (χ1) is 30.5. The summed E-state index contributed by atoms with van der Waals surface area (Å²) in [6.45, 7) is 6.45. The van der Waals surface area contributed by atoms with Gasteiger partial charge in [-0.15, -0.1) is 0 Å². The van der Waals surface area contributed by atoms with Crippen molar-refractivity contribution in [3.05, 3.63) is 72.9 Å². The Morgan fingerprint density at radius 1 is 0.355 bits per heavy atom. The van der Waals surface area contributed by atoms with Gasteiger partial charge in [0.15, 0.2) is 6.10 Å². The average molecular weight is 865 g/mol. The summed E-state index contributed by atoms with van der Waals surface area (Å²) in [6.07, 6.45) is 63.2. The zero-order valence-corrected chi connectivity index (χ0v) is 40.6. The summed E-state index contributed by atoms with van der Waals surface area (Å²) in [4.78, 5) is 37.9. The molecule has 0 fully saturated rings. The third-order valence-electron chi connectivity index (χ3n) is 10.9. The van der Waals surface area contributed by atoms with Crippen LogP contribution < -0.4 is 0 Å². The number of ether oxygens (including phenoxy) is 3. The summed E-state index contributed by atoms with van der Waals surface area (Å²) in [5.41, 5.74) is 0. The largest absolute Gasteiger partial charge is 0.462 e. The first-order valence-electron chi connectivity index (χ1n) is 26.0. The Hall–Kier alpha value is -3.15. The Bertz CT molecular complexity index is 1180. The van der Waals surface area contributed by atoms with Crippen LogP contribution in [0.5, 0.6) is 0 Å². The van der Waals surface area contributed by atoms with Crippen LogP contribution in [0.4, 0.5) is 0 Å². The molecular formula is C56H96O6. The van der Waals surface area contributed by atoms with E-state index in [1.54, 1.807) is 0 Å². The Morgan fingerprint density at radius 3 is 1.15 bits per heavy atom. The quantitative estimate of drug-likeness (QED) is 0.0199. The highest BCUT2D eigenvalue weighted by atomic mass is 16.6. The molecule has 0 N–H and O–H groups in total. The number of carbonyl (C=O) groups is 3. The second kappa shape index (κ2) is 50.5. The molecule has 1 atom stereocenters. The first kappa shape index (κ1) is 58.9. The molecule has 0 aliphatic carbocycles. The molecule has 0 aliphatic rings. The van der Waals surface area contributed by atoms with Gasteiger partial charge in [-0.2, -0.15) is 0 Å². The van der Waals surface area contributed by atoms with E-state index in [9.17, 15) is 14.4 Å². The molecule has 356 valence electrons. The summed E-state index contributed by atoms with van der Waals surface area (Å²) in [5, 5.41) is 0. The summed E-state index contributed by atoms with van der Waals surface area (Å²) in [7, 11) is 0. The topological polar surface area (TPSA) is 78.9 Å². The van der Waals surface area contributed by atoms with E-state index < -0.39 is 6.10 Å². The molecule has 0 rings (SSSR count). The molecule has 0 amide bonds. The van der Waals surface area contributed by atoms with Crippen molar-refractivity contribution in [2.45, 2.75) is 252 Å². The lowest BCUT2D eigenvalue weighted by molar-refractivity contribution is -0.167.